The van der Waals surface area contributed by atoms with Crippen molar-refractivity contribution >= 4 is 17.4 Å². The highest BCUT2D eigenvalue weighted by Crippen LogP contribution is 2.22. The van der Waals surface area contributed by atoms with Gasteiger partial charge in [-0.15, -0.1) is 0 Å². The van der Waals surface area contributed by atoms with E-state index >= 15 is 0 Å². The fraction of sp³-hybridized carbons (Fsp3) is 0.273. The smallest absolute Gasteiger partial charge is 0.248 e. The van der Waals surface area contributed by atoms with Crippen molar-refractivity contribution in [1.29, 1.82) is 0 Å². The van der Waals surface area contributed by atoms with Crippen molar-refractivity contribution in [3.05, 3.63) is 77.4 Å². The van der Waals surface area contributed by atoms with E-state index in [0.717, 1.165) is 37.6 Å². The minimum Gasteiger partial charge on any atom is -0.366 e. The lowest BCUT2D eigenvalue weighted by Gasteiger charge is -2.30. The van der Waals surface area contributed by atoms with Gasteiger partial charge < -0.3 is 16.0 Å². The Morgan fingerprint density at radius 3 is 2.48 bits per heavy atom. The first-order chi connectivity index (χ1) is 13.2. The first kappa shape index (κ1) is 18.7. The maximum atomic E-state index is 11.2. The fourth-order valence-corrected chi connectivity index (χ4v) is 3.14. The lowest BCUT2D eigenvalue weighted by Crippen LogP contribution is -2.43. The number of benzene rings is 2. The highest BCUT2D eigenvalue weighted by molar-refractivity contribution is 5.92. The van der Waals surface area contributed by atoms with Gasteiger partial charge in [0.1, 0.15) is 0 Å². The van der Waals surface area contributed by atoms with E-state index in [4.69, 9.17) is 10.7 Å². The van der Waals surface area contributed by atoms with Crippen LogP contribution in [0.25, 0.3) is 5.57 Å². The number of amides is 1. The number of primary amides is 1. The molecule has 5 heteroatoms. The van der Waals surface area contributed by atoms with Gasteiger partial charge in [-0.1, -0.05) is 48.5 Å². The minimum absolute atomic E-state index is 0.410. The van der Waals surface area contributed by atoms with Gasteiger partial charge in [0, 0.05) is 25.2 Å². The van der Waals surface area contributed by atoms with Crippen molar-refractivity contribution in [3.8, 4) is 0 Å². The molecule has 1 aliphatic rings. The van der Waals surface area contributed by atoms with Crippen LogP contribution in [0.4, 0.5) is 0 Å². The molecule has 1 aliphatic heterocycles. The van der Waals surface area contributed by atoms with E-state index in [1.165, 1.54) is 11.1 Å². The zero-order valence-electron chi connectivity index (χ0n) is 15.7. The Morgan fingerprint density at radius 1 is 1.15 bits per heavy atom. The first-order valence-electron chi connectivity index (χ1n) is 9.34. The number of rotatable bonds is 5. The van der Waals surface area contributed by atoms with E-state index in [0.29, 0.717) is 12.1 Å². The SMILES string of the molecule is CCNC(=NCc1ccc(C(N)=O)cc1)N1CC=C(c2ccccc2)CC1. The van der Waals surface area contributed by atoms with Gasteiger partial charge >= 0.3 is 0 Å². The van der Waals surface area contributed by atoms with Crippen molar-refractivity contribution < 1.29 is 4.79 Å². The number of nitrogens with two attached hydrogens (primary N) is 1. The molecule has 27 heavy (non-hydrogen) atoms. The van der Waals surface area contributed by atoms with Crippen molar-refractivity contribution in [1.82, 2.24) is 10.2 Å². The summed E-state index contributed by atoms with van der Waals surface area (Å²) in [5.41, 5.74) is 9.55. The molecule has 1 heterocycles. The van der Waals surface area contributed by atoms with Gasteiger partial charge in [0.15, 0.2) is 5.96 Å². The molecule has 0 fully saturated rings. The number of hydrogen-bond donors (Lipinski definition) is 2. The largest absolute Gasteiger partial charge is 0.366 e. The first-order valence-corrected chi connectivity index (χ1v) is 9.34. The van der Waals surface area contributed by atoms with E-state index in [2.05, 4.69) is 47.5 Å². The molecule has 0 saturated carbocycles. The van der Waals surface area contributed by atoms with Crippen LogP contribution < -0.4 is 11.1 Å². The second-order valence-corrected chi connectivity index (χ2v) is 6.52. The van der Waals surface area contributed by atoms with Crippen molar-refractivity contribution in [2.24, 2.45) is 10.7 Å². The van der Waals surface area contributed by atoms with Crippen LogP contribution in [0.5, 0.6) is 0 Å². The molecule has 1 amide bonds. The van der Waals surface area contributed by atoms with Gasteiger partial charge in [0.2, 0.25) is 5.91 Å². The van der Waals surface area contributed by atoms with Gasteiger partial charge in [-0.3, -0.25) is 4.79 Å². The molecule has 3 N–H and O–H groups in total. The molecule has 3 rings (SSSR count). The minimum atomic E-state index is -0.410. The van der Waals surface area contributed by atoms with E-state index in [1.54, 1.807) is 12.1 Å². The van der Waals surface area contributed by atoms with Crippen molar-refractivity contribution in [2.75, 3.05) is 19.6 Å². The third-order valence-electron chi connectivity index (χ3n) is 4.64. The maximum absolute atomic E-state index is 11.2. The summed E-state index contributed by atoms with van der Waals surface area (Å²) in [6, 6.07) is 17.8. The molecule has 5 nitrogen and oxygen atoms in total. The second-order valence-electron chi connectivity index (χ2n) is 6.52. The molecule has 0 aliphatic carbocycles. The molecule has 0 atom stereocenters. The zero-order chi connectivity index (χ0) is 19.1. The number of nitrogens with zero attached hydrogens (tertiary/aromatic N) is 2. The van der Waals surface area contributed by atoms with Crippen LogP contribution in [-0.2, 0) is 6.54 Å². The van der Waals surface area contributed by atoms with E-state index < -0.39 is 5.91 Å². The third kappa shape index (κ3) is 4.97. The molecule has 0 spiro atoms. The Morgan fingerprint density at radius 2 is 1.89 bits per heavy atom. The van der Waals surface area contributed by atoms with Crippen molar-refractivity contribution in [3.63, 3.8) is 0 Å². The number of carbonyl (C=O) groups is 1. The summed E-state index contributed by atoms with van der Waals surface area (Å²) in [7, 11) is 0. The summed E-state index contributed by atoms with van der Waals surface area (Å²) in [5.74, 6) is 0.507. The van der Waals surface area contributed by atoms with Crippen molar-refractivity contribution in [2.45, 2.75) is 19.9 Å². The Kier molecular flexibility index (Phi) is 6.26. The average molecular weight is 362 g/mol. The summed E-state index contributed by atoms with van der Waals surface area (Å²) in [6.07, 6.45) is 3.29. The van der Waals surface area contributed by atoms with Crippen LogP contribution in [0.2, 0.25) is 0 Å². The molecule has 0 saturated heterocycles. The second kappa shape index (κ2) is 9.03. The van der Waals surface area contributed by atoms with Gasteiger partial charge in [-0.05, 0) is 42.2 Å². The van der Waals surface area contributed by atoms with Crippen LogP contribution in [0, 0.1) is 0 Å². The van der Waals surface area contributed by atoms with Gasteiger partial charge in [-0.2, -0.15) is 0 Å². The number of guanidine groups is 1. The molecule has 0 bridgehead atoms. The molecule has 0 radical (unpaired) electrons. The van der Waals surface area contributed by atoms with Crippen LogP contribution in [0.1, 0.15) is 34.8 Å². The summed E-state index contributed by atoms with van der Waals surface area (Å²) in [4.78, 5) is 18.2. The average Bonchev–Trinajstić information content (AvgIpc) is 2.72. The number of hydrogen-bond acceptors (Lipinski definition) is 2. The summed E-state index contributed by atoms with van der Waals surface area (Å²) < 4.78 is 0. The number of nitrogens with one attached hydrogen (secondary N) is 1. The molecule has 0 unspecified atom stereocenters. The molecule has 2 aromatic carbocycles. The Bertz CT molecular complexity index is 825. The van der Waals surface area contributed by atoms with E-state index in [1.807, 2.05) is 18.2 Å². The van der Waals surface area contributed by atoms with E-state index in [-0.39, 0.29) is 0 Å². The quantitative estimate of drug-likeness (QED) is 0.634. The molecular formula is C22H26N4O. The van der Waals surface area contributed by atoms with Gasteiger partial charge in [0.05, 0.1) is 6.54 Å². The van der Waals surface area contributed by atoms with Crippen LogP contribution in [0.3, 0.4) is 0 Å². The fourth-order valence-electron chi connectivity index (χ4n) is 3.14. The molecule has 0 aromatic heterocycles. The molecule has 2 aromatic rings. The Hall–Kier alpha value is -3.08. The van der Waals surface area contributed by atoms with E-state index in [9.17, 15) is 4.79 Å². The zero-order valence-corrected chi connectivity index (χ0v) is 15.7. The Balaban J connectivity index is 1.67. The normalized spacial score (nSPS) is 14.6. The van der Waals surface area contributed by atoms with Gasteiger partial charge in [0.25, 0.3) is 0 Å². The Labute approximate surface area is 160 Å². The van der Waals surface area contributed by atoms with Crippen LogP contribution in [0.15, 0.2) is 65.7 Å². The lowest BCUT2D eigenvalue weighted by molar-refractivity contribution is 0.100. The highest BCUT2D eigenvalue weighted by Gasteiger charge is 2.16. The summed E-state index contributed by atoms with van der Waals surface area (Å²) >= 11 is 0. The lowest BCUT2D eigenvalue weighted by atomic mass is 10.00. The standard InChI is InChI=1S/C22H26N4O/c1-2-24-22(25-16-17-8-10-20(11-9-17)21(23)27)26-14-12-19(13-15-26)18-6-4-3-5-7-18/h3-12H,2,13-16H2,1H3,(H2,23,27)(H,24,25). The van der Waals surface area contributed by atoms with Gasteiger partial charge in [-0.25, -0.2) is 4.99 Å². The van der Waals surface area contributed by atoms with Crippen LogP contribution in [-0.4, -0.2) is 36.4 Å². The monoisotopic (exact) mass is 362 g/mol. The topological polar surface area (TPSA) is 70.7 Å². The van der Waals surface area contributed by atoms with Crippen LogP contribution >= 0.6 is 0 Å². The summed E-state index contributed by atoms with van der Waals surface area (Å²) in [5, 5.41) is 3.38. The third-order valence-corrected chi connectivity index (χ3v) is 4.64. The predicted molar refractivity (Wildman–Crippen MR) is 110 cm³/mol. The summed E-state index contributed by atoms with van der Waals surface area (Å²) in [6.45, 7) is 5.24. The number of aliphatic imine (C=N–C) groups is 1. The number of carbonyl (C=O) groups excluding carboxylic acids is 1. The molecular weight excluding hydrogens is 336 g/mol. The maximum Gasteiger partial charge on any atom is 0.248 e. The predicted octanol–water partition coefficient (Wildman–Crippen LogP) is 3.04. The highest BCUT2D eigenvalue weighted by atomic mass is 16.1. The molecule has 140 valence electrons.